The molecule has 25 heavy (non-hydrogen) atoms. The summed E-state index contributed by atoms with van der Waals surface area (Å²) in [7, 11) is -2.41. The number of hydrogen-bond donors (Lipinski definition) is 1. The average molecular weight is 428 g/mol. The van der Waals surface area contributed by atoms with Crippen LogP contribution >= 0.6 is 15.9 Å². The van der Waals surface area contributed by atoms with Crippen LogP contribution in [0.2, 0.25) is 0 Å². The highest BCUT2D eigenvalue weighted by atomic mass is 79.9. The molecule has 0 saturated carbocycles. The second-order valence-electron chi connectivity index (χ2n) is 5.23. The molecule has 0 bridgehead atoms. The number of carbonyl (C=O) groups is 1. The quantitative estimate of drug-likeness (QED) is 0.683. The van der Waals surface area contributed by atoms with Crippen molar-refractivity contribution >= 4 is 37.6 Å². The van der Waals surface area contributed by atoms with Gasteiger partial charge in [-0.2, -0.15) is 0 Å². The molecule has 0 aromatic heterocycles. The minimum Gasteiger partial charge on any atom is -0.493 e. The third kappa shape index (κ3) is 5.47. The van der Waals surface area contributed by atoms with Crippen molar-refractivity contribution in [2.24, 2.45) is 0 Å². The molecule has 0 aliphatic carbocycles. The van der Waals surface area contributed by atoms with Crippen molar-refractivity contribution in [2.45, 2.75) is 18.2 Å². The number of rotatable bonds is 7. The minimum atomic E-state index is -3.71. The highest BCUT2D eigenvalue weighted by Crippen LogP contribution is 2.26. The van der Waals surface area contributed by atoms with Crippen LogP contribution < -0.4 is 9.46 Å². The SMILES string of the molecule is COC(=O)CCOc1ccc(S(=O)(=O)Nc2ccc(C)cc2Br)cc1. The normalized spacial score (nSPS) is 11.0. The Bertz CT molecular complexity index is 850. The van der Waals surface area contributed by atoms with Crippen LogP contribution in [0.25, 0.3) is 0 Å². The number of ether oxygens (including phenoxy) is 2. The summed E-state index contributed by atoms with van der Waals surface area (Å²) in [6.07, 6.45) is 0.125. The Labute approximate surface area is 155 Å². The summed E-state index contributed by atoms with van der Waals surface area (Å²) in [5, 5.41) is 0. The van der Waals surface area contributed by atoms with Crippen LogP contribution in [0, 0.1) is 6.92 Å². The summed E-state index contributed by atoms with van der Waals surface area (Å²) >= 11 is 3.35. The van der Waals surface area contributed by atoms with Gasteiger partial charge in [0, 0.05) is 4.47 Å². The van der Waals surface area contributed by atoms with Gasteiger partial charge < -0.3 is 9.47 Å². The third-order valence-corrected chi connectivity index (χ3v) is 5.34. The standard InChI is InChI=1S/C17H18BrNO5S/c1-12-3-8-16(15(18)11-12)19-25(21,22)14-6-4-13(5-7-14)24-10-9-17(20)23-2/h3-8,11,19H,9-10H2,1-2H3. The number of carbonyl (C=O) groups excluding carboxylic acids is 1. The molecule has 0 radical (unpaired) electrons. The number of aryl methyl sites for hydroxylation is 1. The van der Waals surface area contributed by atoms with Gasteiger partial charge in [0.05, 0.1) is 30.7 Å². The van der Waals surface area contributed by atoms with Crippen molar-refractivity contribution in [1.82, 2.24) is 0 Å². The van der Waals surface area contributed by atoms with Crippen LogP contribution in [-0.2, 0) is 19.6 Å². The van der Waals surface area contributed by atoms with Crippen LogP contribution in [-0.4, -0.2) is 28.1 Å². The molecule has 0 amide bonds. The minimum absolute atomic E-state index is 0.111. The topological polar surface area (TPSA) is 81.7 Å². The molecule has 0 aliphatic rings. The zero-order chi connectivity index (χ0) is 18.4. The zero-order valence-corrected chi connectivity index (χ0v) is 16.2. The fourth-order valence-electron chi connectivity index (χ4n) is 1.98. The molecule has 2 rings (SSSR count). The van der Waals surface area contributed by atoms with Gasteiger partial charge >= 0.3 is 5.97 Å². The molecular formula is C17H18BrNO5S. The van der Waals surface area contributed by atoms with E-state index in [2.05, 4.69) is 25.4 Å². The number of hydrogen-bond acceptors (Lipinski definition) is 5. The number of anilines is 1. The van der Waals surface area contributed by atoms with Crippen molar-refractivity contribution in [3.05, 3.63) is 52.5 Å². The van der Waals surface area contributed by atoms with Crippen molar-refractivity contribution < 1.29 is 22.7 Å². The van der Waals surface area contributed by atoms with Gasteiger partial charge in [0.1, 0.15) is 5.75 Å². The second-order valence-corrected chi connectivity index (χ2v) is 7.77. The van der Waals surface area contributed by atoms with E-state index in [4.69, 9.17) is 4.74 Å². The average Bonchev–Trinajstić information content (AvgIpc) is 2.57. The van der Waals surface area contributed by atoms with Gasteiger partial charge in [-0.1, -0.05) is 6.07 Å². The van der Waals surface area contributed by atoms with E-state index >= 15 is 0 Å². The van der Waals surface area contributed by atoms with E-state index in [0.717, 1.165) is 5.56 Å². The lowest BCUT2D eigenvalue weighted by atomic mass is 10.2. The molecule has 0 aliphatic heterocycles. The summed E-state index contributed by atoms with van der Waals surface area (Å²) in [6.45, 7) is 2.08. The zero-order valence-electron chi connectivity index (χ0n) is 13.8. The van der Waals surface area contributed by atoms with Crippen LogP contribution in [0.4, 0.5) is 5.69 Å². The molecule has 8 heteroatoms. The Morgan fingerprint density at radius 3 is 2.44 bits per heavy atom. The van der Waals surface area contributed by atoms with E-state index in [-0.39, 0.29) is 23.9 Å². The predicted octanol–water partition coefficient (Wildman–Crippen LogP) is 3.50. The van der Waals surface area contributed by atoms with Crippen LogP contribution in [0.3, 0.4) is 0 Å². The van der Waals surface area contributed by atoms with Gasteiger partial charge in [0.2, 0.25) is 0 Å². The van der Waals surface area contributed by atoms with Gasteiger partial charge in [-0.3, -0.25) is 9.52 Å². The lowest BCUT2D eigenvalue weighted by Gasteiger charge is -2.11. The Hall–Kier alpha value is -2.06. The monoisotopic (exact) mass is 427 g/mol. The van der Waals surface area contributed by atoms with E-state index in [1.165, 1.54) is 31.4 Å². The number of benzene rings is 2. The predicted molar refractivity (Wildman–Crippen MR) is 98.3 cm³/mol. The third-order valence-electron chi connectivity index (χ3n) is 3.31. The maximum atomic E-state index is 12.5. The molecule has 0 atom stereocenters. The fourth-order valence-corrected chi connectivity index (χ4v) is 3.78. The lowest BCUT2D eigenvalue weighted by molar-refractivity contribution is -0.141. The number of halogens is 1. The molecule has 6 nitrogen and oxygen atoms in total. The largest absolute Gasteiger partial charge is 0.493 e. The van der Waals surface area contributed by atoms with Crippen molar-refractivity contribution in [3.63, 3.8) is 0 Å². The van der Waals surface area contributed by atoms with E-state index < -0.39 is 10.0 Å². The second kappa shape index (κ2) is 8.35. The molecule has 0 spiro atoms. The number of nitrogens with one attached hydrogen (secondary N) is 1. The van der Waals surface area contributed by atoms with Crippen LogP contribution in [0.1, 0.15) is 12.0 Å². The smallest absolute Gasteiger partial charge is 0.308 e. The highest BCUT2D eigenvalue weighted by Gasteiger charge is 2.15. The molecule has 1 N–H and O–H groups in total. The first kappa shape index (κ1) is 19.3. The van der Waals surface area contributed by atoms with E-state index in [1.54, 1.807) is 6.07 Å². The maximum absolute atomic E-state index is 12.5. The van der Waals surface area contributed by atoms with Crippen molar-refractivity contribution in [2.75, 3.05) is 18.4 Å². The Morgan fingerprint density at radius 1 is 1.16 bits per heavy atom. The molecule has 134 valence electrons. The van der Waals surface area contributed by atoms with Gasteiger partial charge in [0.15, 0.2) is 0 Å². The number of sulfonamides is 1. The first-order chi connectivity index (χ1) is 11.8. The van der Waals surface area contributed by atoms with E-state index in [9.17, 15) is 13.2 Å². The van der Waals surface area contributed by atoms with Crippen molar-refractivity contribution in [3.8, 4) is 5.75 Å². The fraction of sp³-hybridized carbons (Fsp3) is 0.235. The van der Waals surface area contributed by atoms with Gasteiger partial charge in [0.25, 0.3) is 10.0 Å². The first-order valence-electron chi connectivity index (χ1n) is 7.40. The van der Waals surface area contributed by atoms with Crippen LogP contribution in [0.15, 0.2) is 51.8 Å². The van der Waals surface area contributed by atoms with Crippen LogP contribution in [0.5, 0.6) is 5.75 Å². The molecule has 2 aromatic carbocycles. The lowest BCUT2D eigenvalue weighted by Crippen LogP contribution is -2.13. The first-order valence-corrected chi connectivity index (χ1v) is 9.68. The molecule has 2 aromatic rings. The number of methoxy groups -OCH3 is 1. The summed E-state index contributed by atoms with van der Waals surface area (Å²) in [6, 6.07) is 11.3. The summed E-state index contributed by atoms with van der Waals surface area (Å²) in [4.78, 5) is 11.1. The highest BCUT2D eigenvalue weighted by molar-refractivity contribution is 9.10. The Kier molecular flexibility index (Phi) is 6.44. The molecule has 0 saturated heterocycles. The molecular weight excluding hydrogens is 410 g/mol. The number of esters is 1. The Balaban J connectivity index is 2.05. The molecule has 0 heterocycles. The molecule has 0 unspecified atom stereocenters. The van der Waals surface area contributed by atoms with E-state index in [1.807, 2.05) is 19.1 Å². The summed E-state index contributed by atoms with van der Waals surface area (Å²) in [5.74, 6) is 0.103. The van der Waals surface area contributed by atoms with Crippen molar-refractivity contribution in [1.29, 1.82) is 0 Å². The van der Waals surface area contributed by atoms with Gasteiger partial charge in [-0.05, 0) is 64.8 Å². The Morgan fingerprint density at radius 2 is 1.84 bits per heavy atom. The summed E-state index contributed by atoms with van der Waals surface area (Å²) < 4.78 is 38.0. The summed E-state index contributed by atoms with van der Waals surface area (Å²) in [5.41, 5.74) is 1.48. The molecule has 0 fully saturated rings. The van der Waals surface area contributed by atoms with Gasteiger partial charge in [-0.25, -0.2) is 8.42 Å². The van der Waals surface area contributed by atoms with Gasteiger partial charge in [-0.15, -0.1) is 0 Å². The maximum Gasteiger partial charge on any atom is 0.308 e. The van der Waals surface area contributed by atoms with E-state index in [0.29, 0.717) is 15.9 Å².